The van der Waals surface area contributed by atoms with E-state index in [9.17, 15) is 4.79 Å². The van der Waals surface area contributed by atoms with Crippen molar-refractivity contribution in [3.63, 3.8) is 0 Å². The summed E-state index contributed by atoms with van der Waals surface area (Å²) < 4.78 is 5.07. The molecule has 0 aromatic heterocycles. The fourth-order valence-corrected chi connectivity index (χ4v) is 0.824. The summed E-state index contributed by atoms with van der Waals surface area (Å²) in [7, 11) is 0. The molecule has 0 fully saturated rings. The first-order chi connectivity index (χ1) is 6.35. The number of amides is 1. The maximum Gasteiger partial charge on any atom is 0.408 e. The molecule has 1 amide bonds. The number of hydrogen-bond acceptors (Lipinski definition) is 3. The lowest BCUT2D eigenvalue weighted by Crippen LogP contribution is -2.36. The second-order valence-corrected chi connectivity index (χ2v) is 4.10. The number of nitrogens with two attached hydrogens (primary N) is 1. The highest BCUT2D eigenvalue weighted by Gasteiger charge is 2.16. The smallest absolute Gasteiger partial charge is 0.408 e. The van der Waals surface area contributed by atoms with Gasteiger partial charge in [-0.1, -0.05) is 12.2 Å². The maximum atomic E-state index is 11.2. The third-order valence-electron chi connectivity index (χ3n) is 1.31. The van der Waals surface area contributed by atoms with E-state index in [1.165, 1.54) is 0 Å². The second kappa shape index (κ2) is 5.65. The summed E-state index contributed by atoms with van der Waals surface area (Å²) in [6.45, 7) is 7.81. The van der Waals surface area contributed by atoms with Crippen LogP contribution in [0.4, 0.5) is 4.79 Å². The van der Waals surface area contributed by atoms with E-state index >= 15 is 0 Å². The van der Waals surface area contributed by atoms with Crippen LogP contribution in [0, 0.1) is 0 Å². The standard InChI is InChI=1S/C10H20N2O2/c1-8(6-5-7-11)12-9(13)14-10(2,3)4/h5-6,8H,7,11H2,1-4H3,(H,12,13)/b6-5-. The van der Waals surface area contributed by atoms with E-state index in [0.29, 0.717) is 6.54 Å². The van der Waals surface area contributed by atoms with Crippen LogP contribution < -0.4 is 11.1 Å². The molecule has 4 heteroatoms. The molecule has 0 aliphatic rings. The molecule has 1 unspecified atom stereocenters. The largest absolute Gasteiger partial charge is 0.444 e. The molecule has 0 radical (unpaired) electrons. The normalized spacial score (nSPS) is 14.1. The van der Waals surface area contributed by atoms with Crippen LogP contribution in [0.25, 0.3) is 0 Å². The van der Waals surface area contributed by atoms with Gasteiger partial charge in [-0.15, -0.1) is 0 Å². The molecule has 0 aliphatic carbocycles. The van der Waals surface area contributed by atoms with E-state index < -0.39 is 11.7 Å². The lowest BCUT2D eigenvalue weighted by molar-refractivity contribution is 0.0518. The van der Waals surface area contributed by atoms with E-state index in [1.807, 2.05) is 33.8 Å². The number of carbonyl (C=O) groups is 1. The molecule has 0 saturated carbocycles. The Morgan fingerprint density at radius 1 is 1.57 bits per heavy atom. The predicted molar refractivity (Wildman–Crippen MR) is 57.0 cm³/mol. The molecule has 0 saturated heterocycles. The summed E-state index contributed by atoms with van der Waals surface area (Å²) in [5, 5.41) is 2.67. The van der Waals surface area contributed by atoms with Crippen molar-refractivity contribution in [3.8, 4) is 0 Å². The molecule has 3 N–H and O–H groups in total. The monoisotopic (exact) mass is 200 g/mol. The molecule has 14 heavy (non-hydrogen) atoms. The van der Waals surface area contributed by atoms with Crippen LogP contribution >= 0.6 is 0 Å². The Morgan fingerprint density at radius 2 is 2.14 bits per heavy atom. The van der Waals surface area contributed by atoms with Crippen molar-refractivity contribution in [2.45, 2.75) is 39.3 Å². The van der Waals surface area contributed by atoms with Gasteiger partial charge in [0.25, 0.3) is 0 Å². The van der Waals surface area contributed by atoms with Gasteiger partial charge in [-0.3, -0.25) is 0 Å². The Balaban J connectivity index is 3.89. The van der Waals surface area contributed by atoms with Crippen LogP contribution in [-0.4, -0.2) is 24.3 Å². The van der Waals surface area contributed by atoms with Crippen molar-refractivity contribution < 1.29 is 9.53 Å². The Labute approximate surface area is 85.5 Å². The Bertz CT molecular complexity index is 207. The zero-order valence-electron chi connectivity index (χ0n) is 9.33. The van der Waals surface area contributed by atoms with Crippen molar-refractivity contribution in [2.24, 2.45) is 5.73 Å². The van der Waals surface area contributed by atoms with Gasteiger partial charge in [-0.25, -0.2) is 4.79 Å². The highest BCUT2D eigenvalue weighted by Crippen LogP contribution is 2.06. The summed E-state index contributed by atoms with van der Waals surface area (Å²) in [5.41, 5.74) is 4.82. The summed E-state index contributed by atoms with van der Waals surface area (Å²) in [4.78, 5) is 11.2. The minimum Gasteiger partial charge on any atom is -0.444 e. The fraction of sp³-hybridized carbons (Fsp3) is 0.700. The van der Waals surface area contributed by atoms with Crippen LogP contribution in [0.1, 0.15) is 27.7 Å². The highest BCUT2D eigenvalue weighted by molar-refractivity contribution is 5.68. The Hall–Kier alpha value is -1.03. The van der Waals surface area contributed by atoms with Crippen molar-refractivity contribution in [2.75, 3.05) is 6.54 Å². The van der Waals surface area contributed by atoms with E-state index in [1.54, 1.807) is 6.08 Å². The molecule has 82 valence electrons. The third-order valence-corrected chi connectivity index (χ3v) is 1.31. The van der Waals surface area contributed by atoms with Crippen LogP contribution in [0.5, 0.6) is 0 Å². The van der Waals surface area contributed by atoms with Crippen molar-refractivity contribution in [3.05, 3.63) is 12.2 Å². The number of rotatable bonds is 3. The molecule has 0 aromatic carbocycles. The number of nitrogens with one attached hydrogen (secondary N) is 1. The molecule has 4 nitrogen and oxygen atoms in total. The topological polar surface area (TPSA) is 64.3 Å². The van der Waals surface area contributed by atoms with E-state index in [4.69, 9.17) is 10.5 Å². The number of alkyl carbamates (subject to hydrolysis) is 1. The minimum absolute atomic E-state index is 0.0617. The first-order valence-electron chi connectivity index (χ1n) is 4.71. The molecule has 0 spiro atoms. The van der Waals surface area contributed by atoms with Crippen LogP contribution in [-0.2, 0) is 4.74 Å². The summed E-state index contributed by atoms with van der Waals surface area (Å²) >= 11 is 0. The molecule has 0 aliphatic heterocycles. The molecule has 1 atom stereocenters. The van der Waals surface area contributed by atoms with Crippen LogP contribution in [0.3, 0.4) is 0 Å². The SMILES string of the molecule is CC(/C=C\CN)NC(=O)OC(C)(C)C. The van der Waals surface area contributed by atoms with Crippen molar-refractivity contribution in [1.82, 2.24) is 5.32 Å². The van der Waals surface area contributed by atoms with Gasteiger partial charge in [0.15, 0.2) is 0 Å². The summed E-state index contributed by atoms with van der Waals surface area (Å²) in [6.07, 6.45) is 3.21. The lowest BCUT2D eigenvalue weighted by atomic mass is 10.2. The zero-order chi connectivity index (χ0) is 11.2. The van der Waals surface area contributed by atoms with Crippen molar-refractivity contribution in [1.29, 1.82) is 0 Å². The minimum atomic E-state index is -0.457. The average Bonchev–Trinajstić information content (AvgIpc) is 1.96. The van der Waals surface area contributed by atoms with Gasteiger partial charge in [0.1, 0.15) is 5.60 Å². The van der Waals surface area contributed by atoms with Crippen LogP contribution in [0.2, 0.25) is 0 Å². The van der Waals surface area contributed by atoms with Gasteiger partial charge < -0.3 is 15.8 Å². The highest BCUT2D eigenvalue weighted by atomic mass is 16.6. The van der Waals surface area contributed by atoms with Gasteiger partial charge in [0.05, 0.1) is 0 Å². The maximum absolute atomic E-state index is 11.2. The van der Waals surface area contributed by atoms with Crippen molar-refractivity contribution >= 4 is 6.09 Å². The van der Waals surface area contributed by atoms with Gasteiger partial charge in [-0.2, -0.15) is 0 Å². The summed E-state index contributed by atoms with van der Waals surface area (Å²) in [6, 6.07) is -0.0617. The van der Waals surface area contributed by atoms with Gasteiger partial charge in [0.2, 0.25) is 0 Å². The van der Waals surface area contributed by atoms with E-state index in [0.717, 1.165) is 0 Å². The average molecular weight is 200 g/mol. The predicted octanol–water partition coefficient (Wildman–Crippen LogP) is 1.41. The van der Waals surface area contributed by atoms with E-state index in [-0.39, 0.29) is 6.04 Å². The quantitative estimate of drug-likeness (QED) is 0.677. The second-order valence-electron chi connectivity index (χ2n) is 4.10. The van der Waals surface area contributed by atoms with Gasteiger partial charge >= 0.3 is 6.09 Å². The Kier molecular flexibility index (Phi) is 5.23. The molecule has 0 heterocycles. The first kappa shape index (κ1) is 13.0. The third kappa shape index (κ3) is 7.61. The van der Waals surface area contributed by atoms with E-state index in [2.05, 4.69) is 5.32 Å². The number of hydrogen-bond donors (Lipinski definition) is 2. The number of carbonyl (C=O) groups excluding carboxylic acids is 1. The molecular formula is C10H20N2O2. The van der Waals surface area contributed by atoms with Gasteiger partial charge in [-0.05, 0) is 27.7 Å². The Morgan fingerprint density at radius 3 is 2.57 bits per heavy atom. The first-order valence-corrected chi connectivity index (χ1v) is 4.71. The van der Waals surface area contributed by atoms with Gasteiger partial charge in [0, 0.05) is 12.6 Å². The lowest BCUT2D eigenvalue weighted by Gasteiger charge is -2.20. The molecule has 0 aromatic rings. The van der Waals surface area contributed by atoms with Crippen LogP contribution in [0.15, 0.2) is 12.2 Å². The molecule has 0 rings (SSSR count). The number of ether oxygens (including phenoxy) is 1. The zero-order valence-corrected chi connectivity index (χ0v) is 9.33. The summed E-state index contributed by atoms with van der Waals surface area (Å²) in [5.74, 6) is 0. The molecular weight excluding hydrogens is 180 g/mol. The fourth-order valence-electron chi connectivity index (χ4n) is 0.824. The molecule has 0 bridgehead atoms.